The van der Waals surface area contributed by atoms with Crippen molar-refractivity contribution in [3.8, 4) is 23.0 Å². The van der Waals surface area contributed by atoms with E-state index >= 15 is 0 Å². The Hall–Kier alpha value is -3.40. The van der Waals surface area contributed by atoms with Crippen LogP contribution in [0.5, 0.6) is 23.0 Å². The molecule has 33 heavy (non-hydrogen) atoms. The topological polar surface area (TPSA) is 69.9 Å². The standard InChI is InChI=1S/C29H34O4/c1-19(2)7-6-13-29(5)14-12-23-15-21(18-27(32)28(23)33-29)9-10-22-16-25(30)24(26(31)17-22)11-8-20(3)4/h7-10,12,14-18,30-32H,6,11,13H2,1-5H3/b10-9+. The van der Waals surface area contributed by atoms with Crippen molar-refractivity contribution in [2.45, 2.75) is 59.5 Å². The molecule has 0 saturated carbocycles. The van der Waals surface area contributed by atoms with Crippen LogP contribution in [0.25, 0.3) is 18.2 Å². The summed E-state index contributed by atoms with van der Waals surface area (Å²) in [6.45, 7) is 10.1. The molecule has 1 aliphatic heterocycles. The third-order valence-corrected chi connectivity index (χ3v) is 5.67. The summed E-state index contributed by atoms with van der Waals surface area (Å²) >= 11 is 0. The van der Waals surface area contributed by atoms with Crippen molar-refractivity contribution in [3.63, 3.8) is 0 Å². The molecule has 4 heteroatoms. The fourth-order valence-corrected chi connectivity index (χ4v) is 3.77. The summed E-state index contributed by atoms with van der Waals surface area (Å²) in [5, 5.41) is 31.3. The lowest BCUT2D eigenvalue weighted by Gasteiger charge is -2.32. The lowest BCUT2D eigenvalue weighted by atomic mass is 9.93. The number of benzene rings is 2. The van der Waals surface area contributed by atoms with Gasteiger partial charge in [0.05, 0.1) is 0 Å². The van der Waals surface area contributed by atoms with Crippen molar-refractivity contribution in [1.29, 1.82) is 0 Å². The van der Waals surface area contributed by atoms with Crippen molar-refractivity contribution in [1.82, 2.24) is 0 Å². The number of phenolic OH excluding ortho intramolecular Hbond substituents is 3. The Morgan fingerprint density at radius 1 is 0.848 bits per heavy atom. The summed E-state index contributed by atoms with van der Waals surface area (Å²) in [6, 6.07) is 6.86. The predicted octanol–water partition coefficient (Wildman–Crippen LogP) is 7.39. The molecule has 2 aromatic rings. The molecule has 1 atom stereocenters. The Kier molecular flexibility index (Phi) is 7.37. The fraction of sp³-hybridized carbons (Fsp3) is 0.310. The lowest BCUT2D eigenvalue weighted by molar-refractivity contribution is 0.124. The minimum Gasteiger partial charge on any atom is -0.507 e. The Morgan fingerprint density at radius 2 is 1.42 bits per heavy atom. The van der Waals surface area contributed by atoms with Crippen LogP contribution in [0, 0.1) is 0 Å². The normalized spacial score (nSPS) is 16.9. The highest BCUT2D eigenvalue weighted by Crippen LogP contribution is 2.41. The van der Waals surface area contributed by atoms with Gasteiger partial charge in [-0.05, 0) is 95.3 Å². The molecule has 0 fully saturated rings. The van der Waals surface area contributed by atoms with Crippen LogP contribution < -0.4 is 4.74 Å². The number of hydrogen-bond donors (Lipinski definition) is 3. The quantitative estimate of drug-likeness (QED) is 0.306. The monoisotopic (exact) mass is 446 g/mol. The Bertz CT molecular complexity index is 1120. The van der Waals surface area contributed by atoms with E-state index in [9.17, 15) is 15.3 Å². The van der Waals surface area contributed by atoms with E-state index in [1.54, 1.807) is 24.3 Å². The van der Waals surface area contributed by atoms with Crippen molar-refractivity contribution in [3.05, 3.63) is 75.9 Å². The van der Waals surface area contributed by atoms with Crippen LogP contribution in [0.3, 0.4) is 0 Å². The third kappa shape index (κ3) is 6.32. The SMILES string of the molecule is CC(C)=CCCC1(C)C=Cc2cc(/C=C/c3cc(O)c(CC=C(C)C)c(O)c3)cc(O)c2O1. The van der Waals surface area contributed by atoms with Gasteiger partial charge in [-0.2, -0.15) is 0 Å². The molecule has 0 bridgehead atoms. The van der Waals surface area contributed by atoms with Gasteiger partial charge in [0, 0.05) is 11.1 Å². The first-order valence-electron chi connectivity index (χ1n) is 11.3. The smallest absolute Gasteiger partial charge is 0.169 e. The average molecular weight is 447 g/mol. The maximum absolute atomic E-state index is 10.6. The summed E-state index contributed by atoms with van der Waals surface area (Å²) in [7, 11) is 0. The van der Waals surface area contributed by atoms with Crippen molar-refractivity contribution in [2.24, 2.45) is 0 Å². The van der Waals surface area contributed by atoms with Crippen LogP contribution in [-0.4, -0.2) is 20.9 Å². The van der Waals surface area contributed by atoms with E-state index in [2.05, 4.69) is 19.9 Å². The molecule has 1 aliphatic rings. The first kappa shape index (κ1) is 24.2. The molecule has 0 radical (unpaired) electrons. The van der Waals surface area contributed by atoms with E-state index in [4.69, 9.17) is 4.74 Å². The zero-order valence-corrected chi connectivity index (χ0v) is 20.1. The van der Waals surface area contributed by atoms with Gasteiger partial charge in [-0.25, -0.2) is 0 Å². The zero-order chi connectivity index (χ0) is 24.2. The largest absolute Gasteiger partial charge is 0.507 e. The molecule has 0 aromatic heterocycles. The van der Waals surface area contributed by atoms with Crippen LogP contribution in [0.1, 0.15) is 69.7 Å². The molecule has 0 aliphatic carbocycles. The van der Waals surface area contributed by atoms with E-state index in [0.717, 1.165) is 29.5 Å². The predicted molar refractivity (Wildman–Crippen MR) is 137 cm³/mol. The summed E-state index contributed by atoms with van der Waals surface area (Å²) in [5.41, 5.74) is 4.73. The van der Waals surface area contributed by atoms with E-state index in [-0.39, 0.29) is 17.2 Å². The summed E-state index contributed by atoms with van der Waals surface area (Å²) in [5.74, 6) is 0.703. The van der Waals surface area contributed by atoms with Gasteiger partial charge in [-0.3, -0.25) is 0 Å². The first-order valence-corrected chi connectivity index (χ1v) is 11.3. The Balaban J connectivity index is 1.79. The van der Waals surface area contributed by atoms with E-state index in [1.165, 1.54) is 5.57 Å². The first-order chi connectivity index (χ1) is 15.6. The second-order valence-electron chi connectivity index (χ2n) is 9.38. The molecule has 3 rings (SSSR count). The highest BCUT2D eigenvalue weighted by Gasteiger charge is 2.28. The van der Waals surface area contributed by atoms with Gasteiger partial charge in [-0.1, -0.05) is 41.5 Å². The lowest BCUT2D eigenvalue weighted by Crippen LogP contribution is -2.31. The molecule has 4 nitrogen and oxygen atoms in total. The van der Waals surface area contributed by atoms with Crippen LogP contribution in [-0.2, 0) is 6.42 Å². The molecule has 174 valence electrons. The number of phenols is 3. The molecule has 1 unspecified atom stereocenters. The molecule has 1 heterocycles. The number of aromatic hydroxyl groups is 3. The average Bonchev–Trinajstić information content (AvgIpc) is 2.72. The highest BCUT2D eigenvalue weighted by molar-refractivity contribution is 5.76. The summed E-state index contributed by atoms with van der Waals surface area (Å²) in [4.78, 5) is 0. The van der Waals surface area contributed by atoms with Gasteiger partial charge in [0.15, 0.2) is 11.5 Å². The molecule has 0 spiro atoms. The zero-order valence-electron chi connectivity index (χ0n) is 20.1. The minimum atomic E-state index is -0.462. The molecular formula is C29H34O4. The molecule has 3 N–H and O–H groups in total. The maximum atomic E-state index is 10.6. The van der Waals surface area contributed by atoms with E-state index < -0.39 is 5.60 Å². The fourth-order valence-electron chi connectivity index (χ4n) is 3.77. The second-order valence-corrected chi connectivity index (χ2v) is 9.38. The molecule has 0 amide bonds. The minimum absolute atomic E-state index is 0.0594. The Labute approximate surface area is 196 Å². The van der Waals surface area contributed by atoms with Crippen molar-refractivity contribution >= 4 is 18.2 Å². The van der Waals surface area contributed by atoms with Gasteiger partial charge in [-0.15, -0.1) is 0 Å². The van der Waals surface area contributed by atoms with Gasteiger partial charge in [0.25, 0.3) is 0 Å². The van der Waals surface area contributed by atoms with E-state index in [0.29, 0.717) is 23.3 Å². The number of fused-ring (bicyclic) bond motifs is 1. The summed E-state index contributed by atoms with van der Waals surface area (Å²) < 4.78 is 6.17. The Morgan fingerprint density at radius 3 is 2.03 bits per heavy atom. The van der Waals surface area contributed by atoms with Crippen molar-refractivity contribution < 1.29 is 20.1 Å². The van der Waals surface area contributed by atoms with Gasteiger partial charge in [0.2, 0.25) is 0 Å². The number of allylic oxidation sites excluding steroid dienone is 4. The van der Waals surface area contributed by atoms with Gasteiger partial charge < -0.3 is 20.1 Å². The van der Waals surface area contributed by atoms with Crippen LogP contribution in [0.15, 0.2) is 53.6 Å². The second kappa shape index (κ2) is 10.0. The van der Waals surface area contributed by atoms with Crippen LogP contribution >= 0.6 is 0 Å². The van der Waals surface area contributed by atoms with Gasteiger partial charge >= 0.3 is 0 Å². The van der Waals surface area contributed by atoms with E-state index in [1.807, 2.05) is 51.1 Å². The molecule has 0 saturated heterocycles. The van der Waals surface area contributed by atoms with Gasteiger partial charge in [0.1, 0.15) is 17.1 Å². The van der Waals surface area contributed by atoms with Crippen LogP contribution in [0.4, 0.5) is 0 Å². The number of rotatable bonds is 7. The summed E-state index contributed by atoms with van der Waals surface area (Å²) in [6.07, 6.45) is 14.0. The molecule has 2 aromatic carbocycles. The third-order valence-electron chi connectivity index (χ3n) is 5.67. The number of ether oxygens (including phenoxy) is 1. The van der Waals surface area contributed by atoms with Crippen molar-refractivity contribution in [2.75, 3.05) is 0 Å². The number of hydrogen-bond acceptors (Lipinski definition) is 4. The highest BCUT2D eigenvalue weighted by atomic mass is 16.5. The molecular weight excluding hydrogens is 412 g/mol. The maximum Gasteiger partial charge on any atom is 0.169 e. The van der Waals surface area contributed by atoms with Crippen LogP contribution in [0.2, 0.25) is 0 Å².